The van der Waals surface area contributed by atoms with Crippen molar-refractivity contribution in [3.63, 3.8) is 0 Å². The van der Waals surface area contributed by atoms with Crippen molar-refractivity contribution in [2.75, 3.05) is 0 Å². The third-order valence-corrected chi connectivity index (χ3v) is 4.62. The van der Waals surface area contributed by atoms with E-state index in [1.54, 1.807) is 0 Å². The Balaban J connectivity index is 2.37. The van der Waals surface area contributed by atoms with Gasteiger partial charge >= 0.3 is 0 Å². The van der Waals surface area contributed by atoms with Crippen molar-refractivity contribution in [3.05, 3.63) is 57.3 Å². The molecule has 0 bridgehead atoms. The predicted octanol–water partition coefficient (Wildman–Crippen LogP) is 5.49. The van der Waals surface area contributed by atoms with Crippen LogP contribution in [-0.2, 0) is 5.88 Å². The number of nitrogens with zero attached hydrogens (tertiary/aromatic N) is 2. The fourth-order valence-corrected chi connectivity index (χ4v) is 3.00. The highest BCUT2D eigenvalue weighted by Gasteiger charge is 2.14. The smallest absolute Gasteiger partial charge is 0.129 e. The minimum absolute atomic E-state index is 0.345. The van der Waals surface area contributed by atoms with Gasteiger partial charge < -0.3 is 0 Å². The molecular weight excluding hydrogens is 359 g/mol. The van der Waals surface area contributed by atoms with E-state index in [-0.39, 0.29) is 0 Å². The molecule has 0 saturated carbocycles. The summed E-state index contributed by atoms with van der Waals surface area (Å²) in [5.74, 6) is 1.16. The number of imidazole rings is 1. The number of halogens is 3. The maximum absolute atomic E-state index is 6.06. The fourth-order valence-electron chi connectivity index (χ4n) is 2.30. The lowest BCUT2D eigenvalue weighted by atomic mass is 10.2. The van der Waals surface area contributed by atoms with Crippen molar-refractivity contribution in [1.82, 2.24) is 9.55 Å². The minimum Gasteiger partial charge on any atom is -0.295 e. The number of rotatable bonds is 2. The lowest BCUT2D eigenvalue weighted by molar-refractivity contribution is 0.971. The molecule has 102 valence electrons. The van der Waals surface area contributed by atoms with E-state index in [0.29, 0.717) is 10.9 Å². The van der Waals surface area contributed by atoms with Gasteiger partial charge in [0.1, 0.15) is 5.82 Å². The SMILES string of the molecule is Cc1c(Br)cccc1-n1c(CCl)nc2cc(Cl)ccc21. The molecule has 3 rings (SSSR count). The third kappa shape index (κ3) is 2.24. The van der Waals surface area contributed by atoms with Crippen molar-refractivity contribution >= 4 is 50.2 Å². The molecule has 1 aromatic heterocycles. The average molecular weight is 370 g/mol. The molecule has 0 atom stereocenters. The molecule has 0 fully saturated rings. The van der Waals surface area contributed by atoms with Gasteiger partial charge in [0.15, 0.2) is 0 Å². The fraction of sp³-hybridized carbons (Fsp3) is 0.133. The second-order valence-electron chi connectivity index (χ2n) is 4.51. The number of fused-ring (bicyclic) bond motifs is 1. The van der Waals surface area contributed by atoms with Gasteiger partial charge in [-0.15, -0.1) is 11.6 Å². The number of hydrogen-bond donors (Lipinski definition) is 0. The zero-order valence-corrected chi connectivity index (χ0v) is 13.8. The summed E-state index contributed by atoms with van der Waals surface area (Å²) < 4.78 is 3.14. The Morgan fingerprint density at radius 1 is 1.25 bits per heavy atom. The normalized spacial score (nSPS) is 11.2. The third-order valence-electron chi connectivity index (χ3n) is 3.29. The summed E-state index contributed by atoms with van der Waals surface area (Å²) >= 11 is 15.7. The second-order valence-corrected chi connectivity index (χ2v) is 6.07. The van der Waals surface area contributed by atoms with Gasteiger partial charge in [-0.1, -0.05) is 33.6 Å². The zero-order valence-electron chi connectivity index (χ0n) is 10.7. The molecule has 0 aliphatic rings. The Kier molecular flexibility index (Phi) is 3.76. The van der Waals surface area contributed by atoms with Gasteiger partial charge in [-0.05, 0) is 42.8 Å². The molecule has 0 saturated heterocycles. The summed E-state index contributed by atoms with van der Waals surface area (Å²) in [6, 6.07) is 11.8. The van der Waals surface area contributed by atoms with E-state index in [0.717, 1.165) is 32.6 Å². The van der Waals surface area contributed by atoms with Crippen molar-refractivity contribution in [2.45, 2.75) is 12.8 Å². The van der Waals surface area contributed by atoms with Crippen LogP contribution in [0.15, 0.2) is 40.9 Å². The highest BCUT2D eigenvalue weighted by molar-refractivity contribution is 9.10. The van der Waals surface area contributed by atoms with Crippen LogP contribution in [0, 0.1) is 6.92 Å². The molecule has 0 radical (unpaired) electrons. The number of benzene rings is 2. The Bertz CT molecular complexity index is 796. The second kappa shape index (κ2) is 5.40. The van der Waals surface area contributed by atoms with Crippen LogP contribution < -0.4 is 0 Å². The van der Waals surface area contributed by atoms with Gasteiger partial charge in [0.25, 0.3) is 0 Å². The van der Waals surface area contributed by atoms with Crippen LogP contribution in [0.1, 0.15) is 11.4 Å². The van der Waals surface area contributed by atoms with Crippen LogP contribution in [0.25, 0.3) is 16.7 Å². The zero-order chi connectivity index (χ0) is 14.3. The van der Waals surface area contributed by atoms with E-state index in [4.69, 9.17) is 23.2 Å². The highest BCUT2D eigenvalue weighted by Crippen LogP contribution is 2.29. The molecular formula is C15H11BrCl2N2. The van der Waals surface area contributed by atoms with E-state index in [1.807, 2.05) is 30.3 Å². The van der Waals surface area contributed by atoms with E-state index in [9.17, 15) is 0 Å². The molecule has 2 aromatic carbocycles. The van der Waals surface area contributed by atoms with Crippen LogP contribution in [0.5, 0.6) is 0 Å². The first-order chi connectivity index (χ1) is 9.61. The van der Waals surface area contributed by atoms with E-state index >= 15 is 0 Å². The first-order valence-corrected chi connectivity index (χ1v) is 7.80. The topological polar surface area (TPSA) is 17.8 Å². The van der Waals surface area contributed by atoms with Crippen molar-refractivity contribution < 1.29 is 0 Å². The van der Waals surface area contributed by atoms with Crippen molar-refractivity contribution in [3.8, 4) is 5.69 Å². The summed E-state index contributed by atoms with van der Waals surface area (Å²) in [6.45, 7) is 2.07. The van der Waals surface area contributed by atoms with Gasteiger partial charge in [-0.3, -0.25) is 4.57 Å². The molecule has 2 nitrogen and oxygen atoms in total. The summed E-state index contributed by atoms with van der Waals surface area (Å²) in [5.41, 5.74) is 4.08. The van der Waals surface area contributed by atoms with Crippen LogP contribution in [-0.4, -0.2) is 9.55 Å². The van der Waals surface area contributed by atoms with E-state index < -0.39 is 0 Å². The minimum atomic E-state index is 0.345. The molecule has 0 amide bonds. The van der Waals surface area contributed by atoms with Crippen LogP contribution in [0.3, 0.4) is 0 Å². The summed E-state index contributed by atoms with van der Waals surface area (Å²) in [5, 5.41) is 0.675. The molecule has 0 aliphatic carbocycles. The van der Waals surface area contributed by atoms with Crippen molar-refractivity contribution in [2.24, 2.45) is 0 Å². The van der Waals surface area contributed by atoms with E-state index in [2.05, 4.69) is 38.5 Å². The Morgan fingerprint density at radius 3 is 2.80 bits per heavy atom. The lowest BCUT2D eigenvalue weighted by Gasteiger charge is -2.12. The monoisotopic (exact) mass is 368 g/mol. The molecule has 20 heavy (non-hydrogen) atoms. The molecule has 0 aliphatic heterocycles. The summed E-state index contributed by atoms with van der Waals surface area (Å²) in [7, 11) is 0. The van der Waals surface area contributed by atoms with Gasteiger partial charge in [0.2, 0.25) is 0 Å². The molecule has 0 unspecified atom stereocenters. The largest absolute Gasteiger partial charge is 0.295 e. The van der Waals surface area contributed by atoms with E-state index in [1.165, 1.54) is 0 Å². The Morgan fingerprint density at radius 2 is 2.05 bits per heavy atom. The molecule has 3 aromatic rings. The highest BCUT2D eigenvalue weighted by atomic mass is 79.9. The summed E-state index contributed by atoms with van der Waals surface area (Å²) in [6.07, 6.45) is 0. The average Bonchev–Trinajstić information content (AvgIpc) is 2.79. The Labute approximate surface area is 135 Å². The predicted molar refractivity (Wildman–Crippen MR) is 88.1 cm³/mol. The van der Waals surface area contributed by atoms with Gasteiger partial charge in [-0.25, -0.2) is 4.98 Å². The number of aromatic nitrogens is 2. The maximum atomic E-state index is 6.06. The summed E-state index contributed by atoms with van der Waals surface area (Å²) in [4.78, 5) is 4.57. The lowest BCUT2D eigenvalue weighted by Crippen LogP contribution is -2.01. The van der Waals surface area contributed by atoms with Gasteiger partial charge in [0, 0.05) is 9.50 Å². The molecule has 0 spiro atoms. The molecule has 0 N–H and O–H groups in total. The Hall–Kier alpha value is -1.03. The first kappa shape index (κ1) is 13.9. The standard InChI is InChI=1S/C15H11BrCl2N2/c1-9-11(16)3-2-4-13(9)20-14-6-5-10(18)7-12(14)19-15(20)8-17/h2-7H,8H2,1H3. The first-order valence-electron chi connectivity index (χ1n) is 6.10. The molecule has 1 heterocycles. The van der Waals surface area contributed by atoms with Crippen LogP contribution in [0.4, 0.5) is 0 Å². The number of hydrogen-bond acceptors (Lipinski definition) is 1. The van der Waals surface area contributed by atoms with Gasteiger partial charge in [0.05, 0.1) is 22.6 Å². The molecule has 5 heteroatoms. The maximum Gasteiger partial charge on any atom is 0.129 e. The van der Waals surface area contributed by atoms with Gasteiger partial charge in [-0.2, -0.15) is 0 Å². The number of alkyl halides is 1. The van der Waals surface area contributed by atoms with Crippen LogP contribution in [0.2, 0.25) is 5.02 Å². The van der Waals surface area contributed by atoms with Crippen molar-refractivity contribution in [1.29, 1.82) is 0 Å². The van der Waals surface area contributed by atoms with Crippen LogP contribution >= 0.6 is 39.1 Å². The quantitative estimate of drug-likeness (QED) is 0.546.